The van der Waals surface area contributed by atoms with Gasteiger partial charge in [-0.05, 0) is 45.8 Å². The molecule has 0 radical (unpaired) electrons. The second kappa shape index (κ2) is 5.43. The Bertz CT molecular complexity index is 830. The smallest absolute Gasteiger partial charge is 0.150 e. The van der Waals surface area contributed by atoms with Crippen LogP contribution in [0, 0.1) is 11.3 Å². The van der Waals surface area contributed by atoms with Crippen molar-refractivity contribution in [3.63, 3.8) is 0 Å². The summed E-state index contributed by atoms with van der Waals surface area (Å²) in [5.41, 5.74) is 3.40. The second-order valence-corrected chi connectivity index (χ2v) is 5.72. The molecule has 20 heavy (non-hydrogen) atoms. The predicted molar refractivity (Wildman–Crippen MR) is 86.7 cm³/mol. The molecule has 3 aromatic rings. The summed E-state index contributed by atoms with van der Waals surface area (Å²) in [7, 11) is 0. The summed E-state index contributed by atoms with van der Waals surface area (Å²) in [5.74, 6) is 0.698. The molecule has 4 heteroatoms. The molecule has 0 aliphatic heterocycles. The standard InChI is InChI=1S/C16H9Br2NO/c17-8-10-5-6-14-13(7-10)15(18)16(20-14)12-4-2-1-3-11(12)9-19/h1-7H,8H2. The molecule has 0 spiro atoms. The monoisotopic (exact) mass is 389 g/mol. The molecule has 0 saturated carbocycles. The minimum atomic E-state index is 0.605. The average molecular weight is 391 g/mol. The lowest BCUT2D eigenvalue weighted by Crippen LogP contribution is -1.81. The van der Waals surface area contributed by atoms with Crippen molar-refractivity contribution in [3.8, 4) is 17.4 Å². The molecule has 0 atom stereocenters. The van der Waals surface area contributed by atoms with Crippen LogP contribution in [0.3, 0.4) is 0 Å². The highest BCUT2D eigenvalue weighted by Gasteiger charge is 2.16. The van der Waals surface area contributed by atoms with Gasteiger partial charge in [-0.3, -0.25) is 0 Å². The number of hydrogen-bond donors (Lipinski definition) is 0. The number of benzene rings is 2. The van der Waals surface area contributed by atoms with E-state index in [1.165, 1.54) is 5.56 Å². The Morgan fingerprint density at radius 1 is 1.15 bits per heavy atom. The third-order valence-corrected chi connectivity index (χ3v) is 4.57. The molecule has 0 aliphatic rings. The van der Waals surface area contributed by atoms with E-state index in [1.807, 2.05) is 30.3 Å². The van der Waals surface area contributed by atoms with Crippen LogP contribution in [-0.2, 0) is 5.33 Å². The number of fused-ring (bicyclic) bond motifs is 1. The molecular formula is C16H9Br2NO. The van der Waals surface area contributed by atoms with Gasteiger partial charge >= 0.3 is 0 Å². The number of alkyl halides is 1. The van der Waals surface area contributed by atoms with E-state index in [9.17, 15) is 5.26 Å². The fraction of sp³-hybridized carbons (Fsp3) is 0.0625. The van der Waals surface area contributed by atoms with Crippen molar-refractivity contribution in [2.75, 3.05) is 0 Å². The van der Waals surface area contributed by atoms with Crippen molar-refractivity contribution < 1.29 is 4.42 Å². The maximum absolute atomic E-state index is 9.21. The highest BCUT2D eigenvalue weighted by Crippen LogP contribution is 2.39. The predicted octanol–water partition coefficient (Wildman–Crippen LogP) is 5.63. The summed E-state index contributed by atoms with van der Waals surface area (Å²) in [4.78, 5) is 0. The van der Waals surface area contributed by atoms with Gasteiger partial charge in [0.1, 0.15) is 5.58 Å². The Labute approximate surface area is 133 Å². The minimum absolute atomic E-state index is 0.605. The Morgan fingerprint density at radius 3 is 2.70 bits per heavy atom. The number of nitriles is 1. The van der Waals surface area contributed by atoms with Gasteiger partial charge in [0.25, 0.3) is 0 Å². The molecule has 0 fully saturated rings. The van der Waals surface area contributed by atoms with Crippen molar-refractivity contribution in [2.45, 2.75) is 5.33 Å². The van der Waals surface area contributed by atoms with E-state index in [0.29, 0.717) is 11.3 Å². The van der Waals surface area contributed by atoms with E-state index in [2.05, 4.69) is 44.0 Å². The van der Waals surface area contributed by atoms with Gasteiger partial charge in [-0.25, -0.2) is 0 Å². The van der Waals surface area contributed by atoms with Crippen molar-refractivity contribution >= 4 is 42.8 Å². The van der Waals surface area contributed by atoms with Gasteiger partial charge in [-0.2, -0.15) is 5.26 Å². The summed E-state index contributed by atoms with van der Waals surface area (Å²) in [6.45, 7) is 0. The third kappa shape index (κ3) is 2.17. The van der Waals surface area contributed by atoms with Crippen LogP contribution in [0.15, 0.2) is 51.4 Å². The molecule has 1 heterocycles. The summed E-state index contributed by atoms with van der Waals surface area (Å²) in [5, 5.41) is 11.0. The molecular weight excluding hydrogens is 382 g/mol. The van der Waals surface area contributed by atoms with Crippen LogP contribution in [0.2, 0.25) is 0 Å². The first kappa shape index (κ1) is 13.4. The zero-order valence-electron chi connectivity index (χ0n) is 10.4. The first-order valence-electron chi connectivity index (χ1n) is 6.01. The van der Waals surface area contributed by atoms with Crippen LogP contribution in [0.4, 0.5) is 0 Å². The van der Waals surface area contributed by atoms with E-state index in [1.54, 1.807) is 6.07 Å². The van der Waals surface area contributed by atoms with Crippen LogP contribution in [-0.4, -0.2) is 0 Å². The Kier molecular flexibility index (Phi) is 3.64. The number of nitrogens with zero attached hydrogens (tertiary/aromatic N) is 1. The van der Waals surface area contributed by atoms with Crippen molar-refractivity contribution in [1.29, 1.82) is 5.26 Å². The van der Waals surface area contributed by atoms with Crippen LogP contribution in [0.1, 0.15) is 11.1 Å². The number of furan rings is 1. The quantitative estimate of drug-likeness (QED) is 0.531. The van der Waals surface area contributed by atoms with E-state index < -0.39 is 0 Å². The molecule has 0 amide bonds. The van der Waals surface area contributed by atoms with Crippen molar-refractivity contribution in [1.82, 2.24) is 0 Å². The van der Waals surface area contributed by atoms with Gasteiger partial charge < -0.3 is 4.42 Å². The normalized spacial score (nSPS) is 10.7. The summed E-state index contributed by atoms with van der Waals surface area (Å²) in [6.07, 6.45) is 0. The molecule has 0 bridgehead atoms. The number of rotatable bonds is 2. The highest BCUT2D eigenvalue weighted by molar-refractivity contribution is 9.10. The van der Waals surface area contributed by atoms with E-state index >= 15 is 0 Å². The summed E-state index contributed by atoms with van der Waals surface area (Å²) < 4.78 is 6.80. The first-order valence-corrected chi connectivity index (χ1v) is 7.92. The zero-order valence-corrected chi connectivity index (χ0v) is 13.5. The van der Waals surface area contributed by atoms with Crippen LogP contribution < -0.4 is 0 Å². The molecule has 0 N–H and O–H groups in total. The van der Waals surface area contributed by atoms with Gasteiger partial charge in [0.15, 0.2) is 5.76 Å². The molecule has 2 nitrogen and oxygen atoms in total. The van der Waals surface area contributed by atoms with Crippen LogP contribution in [0.25, 0.3) is 22.3 Å². The molecule has 1 aromatic heterocycles. The average Bonchev–Trinajstić information content (AvgIpc) is 2.83. The second-order valence-electron chi connectivity index (χ2n) is 4.37. The molecule has 3 rings (SSSR count). The van der Waals surface area contributed by atoms with E-state index in [0.717, 1.165) is 26.3 Å². The van der Waals surface area contributed by atoms with Gasteiger partial charge in [-0.1, -0.05) is 34.1 Å². The number of hydrogen-bond acceptors (Lipinski definition) is 2. The van der Waals surface area contributed by atoms with Crippen LogP contribution >= 0.6 is 31.9 Å². The van der Waals surface area contributed by atoms with Gasteiger partial charge in [0, 0.05) is 16.3 Å². The molecule has 98 valence electrons. The minimum Gasteiger partial charge on any atom is -0.455 e. The lowest BCUT2D eigenvalue weighted by Gasteiger charge is -2.00. The van der Waals surface area contributed by atoms with Crippen LogP contribution in [0.5, 0.6) is 0 Å². The fourth-order valence-corrected chi connectivity index (χ4v) is 3.10. The molecule has 2 aromatic carbocycles. The largest absolute Gasteiger partial charge is 0.455 e. The molecule has 0 aliphatic carbocycles. The van der Waals surface area contributed by atoms with Crippen molar-refractivity contribution in [3.05, 3.63) is 58.1 Å². The van der Waals surface area contributed by atoms with Gasteiger partial charge in [0.05, 0.1) is 16.1 Å². The Hall–Kier alpha value is -1.57. The SMILES string of the molecule is N#Cc1ccccc1-c1oc2ccc(CBr)cc2c1Br. The third-order valence-electron chi connectivity index (χ3n) is 3.14. The zero-order chi connectivity index (χ0) is 14.1. The molecule has 0 saturated heterocycles. The highest BCUT2D eigenvalue weighted by atomic mass is 79.9. The Morgan fingerprint density at radius 2 is 1.95 bits per heavy atom. The van der Waals surface area contributed by atoms with Crippen molar-refractivity contribution in [2.24, 2.45) is 0 Å². The van der Waals surface area contributed by atoms with Gasteiger partial charge in [-0.15, -0.1) is 0 Å². The summed E-state index contributed by atoms with van der Waals surface area (Å²) >= 11 is 7.05. The molecule has 0 unspecified atom stereocenters. The lowest BCUT2D eigenvalue weighted by molar-refractivity contribution is 0.629. The van der Waals surface area contributed by atoms with Gasteiger partial charge in [0.2, 0.25) is 0 Å². The summed E-state index contributed by atoms with van der Waals surface area (Å²) in [6, 6.07) is 15.7. The number of halogens is 2. The first-order chi connectivity index (χ1) is 9.74. The maximum Gasteiger partial charge on any atom is 0.150 e. The lowest BCUT2D eigenvalue weighted by atomic mass is 10.1. The maximum atomic E-state index is 9.21. The van der Waals surface area contributed by atoms with E-state index in [4.69, 9.17) is 4.42 Å². The van der Waals surface area contributed by atoms with E-state index in [-0.39, 0.29) is 0 Å². The topological polar surface area (TPSA) is 36.9 Å². The fourth-order valence-electron chi connectivity index (χ4n) is 2.15. The Balaban J connectivity index is 2.27.